The summed E-state index contributed by atoms with van der Waals surface area (Å²) < 4.78 is 26.0. The van der Waals surface area contributed by atoms with E-state index in [-0.39, 0.29) is 6.04 Å². The van der Waals surface area contributed by atoms with E-state index in [1.54, 1.807) is 0 Å². The molecule has 22 heavy (non-hydrogen) atoms. The van der Waals surface area contributed by atoms with Crippen LogP contribution in [0.2, 0.25) is 0 Å². The van der Waals surface area contributed by atoms with Gasteiger partial charge in [0, 0.05) is 17.8 Å². The highest BCUT2D eigenvalue weighted by Gasteiger charge is 2.07. The maximum Gasteiger partial charge on any atom is 0.170 e. The first kappa shape index (κ1) is 16.4. The van der Waals surface area contributed by atoms with E-state index in [0.29, 0.717) is 10.8 Å². The Hall–Kier alpha value is -2.01. The fourth-order valence-electron chi connectivity index (χ4n) is 2.06. The van der Waals surface area contributed by atoms with Crippen molar-refractivity contribution in [3.8, 4) is 0 Å². The van der Waals surface area contributed by atoms with Gasteiger partial charge in [0.05, 0.1) is 0 Å². The smallest absolute Gasteiger partial charge is 0.170 e. The summed E-state index contributed by atoms with van der Waals surface area (Å²) >= 11 is 5.18. The van der Waals surface area contributed by atoms with Crippen LogP contribution >= 0.6 is 12.2 Å². The third-order valence-electron chi connectivity index (χ3n) is 3.26. The Morgan fingerprint density at radius 2 is 1.82 bits per heavy atom. The van der Waals surface area contributed by atoms with Crippen LogP contribution in [0, 0.1) is 11.6 Å². The molecular formula is C17H18F2N2S. The zero-order valence-corrected chi connectivity index (χ0v) is 13.1. The summed E-state index contributed by atoms with van der Waals surface area (Å²) in [7, 11) is 0. The molecule has 5 heteroatoms. The van der Waals surface area contributed by atoms with Crippen LogP contribution < -0.4 is 10.6 Å². The highest BCUT2D eigenvalue weighted by Crippen LogP contribution is 2.13. The summed E-state index contributed by atoms with van der Waals surface area (Å²) in [5, 5.41) is 6.38. The molecule has 0 saturated heterocycles. The van der Waals surface area contributed by atoms with Gasteiger partial charge in [-0.3, -0.25) is 0 Å². The summed E-state index contributed by atoms with van der Waals surface area (Å²) in [6, 6.07) is 14.0. The van der Waals surface area contributed by atoms with Crippen molar-refractivity contribution in [3.05, 3.63) is 65.7 Å². The Balaban J connectivity index is 1.79. The standard InChI is InChI=1S/C17H18F2N2S/c1-12(7-8-13-5-3-2-4-6-13)20-17(22)21-14-9-10-15(18)16(19)11-14/h2-6,9-12H,7-8H2,1H3,(H2,20,21,22)/t12-/m0/s1. The fourth-order valence-corrected chi connectivity index (χ4v) is 2.38. The predicted octanol–water partition coefficient (Wildman–Crippen LogP) is 4.27. The number of thiocarbonyl (C=S) groups is 1. The van der Waals surface area contributed by atoms with E-state index in [0.717, 1.165) is 25.0 Å². The van der Waals surface area contributed by atoms with Crippen molar-refractivity contribution in [2.45, 2.75) is 25.8 Å². The SMILES string of the molecule is C[C@@H](CCc1ccccc1)NC(=S)Nc1ccc(F)c(F)c1. The zero-order chi connectivity index (χ0) is 15.9. The molecule has 2 aromatic rings. The Morgan fingerprint density at radius 1 is 1.09 bits per heavy atom. The zero-order valence-electron chi connectivity index (χ0n) is 12.3. The number of rotatable bonds is 5. The third kappa shape index (κ3) is 5.07. The van der Waals surface area contributed by atoms with Crippen molar-refractivity contribution >= 4 is 23.0 Å². The number of anilines is 1. The molecule has 0 unspecified atom stereocenters. The van der Waals surface area contributed by atoms with Crippen LogP contribution in [-0.2, 0) is 6.42 Å². The van der Waals surface area contributed by atoms with Crippen molar-refractivity contribution in [2.75, 3.05) is 5.32 Å². The molecule has 0 aliphatic heterocycles. The Labute approximate surface area is 134 Å². The Kier molecular flexibility index (Phi) is 5.83. The molecule has 0 spiro atoms. The van der Waals surface area contributed by atoms with Gasteiger partial charge in [-0.05, 0) is 49.7 Å². The van der Waals surface area contributed by atoms with Crippen molar-refractivity contribution in [3.63, 3.8) is 0 Å². The average Bonchev–Trinajstić information content (AvgIpc) is 2.50. The first-order valence-corrected chi connectivity index (χ1v) is 7.52. The van der Waals surface area contributed by atoms with E-state index in [1.807, 2.05) is 25.1 Å². The molecule has 2 N–H and O–H groups in total. The van der Waals surface area contributed by atoms with E-state index in [4.69, 9.17) is 12.2 Å². The highest BCUT2D eigenvalue weighted by molar-refractivity contribution is 7.80. The quantitative estimate of drug-likeness (QED) is 0.805. The number of benzene rings is 2. The lowest BCUT2D eigenvalue weighted by Gasteiger charge is -2.17. The van der Waals surface area contributed by atoms with Crippen LogP contribution in [0.15, 0.2) is 48.5 Å². The lowest BCUT2D eigenvalue weighted by atomic mass is 10.1. The minimum atomic E-state index is -0.898. The maximum atomic E-state index is 13.1. The minimum Gasteiger partial charge on any atom is -0.360 e. The number of nitrogens with one attached hydrogen (secondary N) is 2. The van der Waals surface area contributed by atoms with Crippen LogP contribution in [0.5, 0.6) is 0 Å². The summed E-state index contributed by atoms with van der Waals surface area (Å²) in [5.74, 6) is -1.77. The van der Waals surface area contributed by atoms with Gasteiger partial charge in [-0.25, -0.2) is 8.78 Å². The largest absolute Gasteiger partial charge is 0.360 e. The monoisotopic (exact) mass is 320 g/mol. The second-order valence-electron chi connectivity index (χ2n) is 5.15. The average molecular weight is 320 g/mol. The summed E-state index contributed by atoms with van der Waals surface area (Å²) in [6.07, 6.45) is 1.87. The number of hydrogen-bond donors (Lipinski definition) is 2. The van der Waals surface area contributed by atoms with Gasteiger partial charge in [0.2, 0.25) is 0 Å². The minimum absolute atomic E-state index is 0.172. The van der Waals surface area contributed by atoms with Crippen LogP contribution in [0.4, 0.5) is 14.5 Å². The summed E-state index contributed by atoms with van der Waals surface area (Å²) in [4.78, 5) is 0. The van der Waals surface area contributed by atoms with Gasteiger partial charge in [-0.2, -0.15) is 0 Å². The normalized spacial score (nSPS) is 11.8. The second kappa shape index (κ2) is 7.84. The van der Waals surface area contributed by atoms with Gasteiger partial charge in [-0.15, -0.1) is 0 Å². The molecule has 1 atom stereocenters. The van der Waals surface area contributed by atoms with Gasteiger partial charge in [0.25, 0.3) is 0 Å². The van der Waals surface area contributed by atoms with Crippen molar-refractivity contribution in [1.82, 2.24) is 5.32 Å². The van der Waals surface area contributed by atoms with Gasteiger partial charge < -0.3 is 10.6 Å². The maximum absolute atomic E-state index is 13.1. The van der Waals surface area contributed by atoms with E-state index in [9.17, 15) is 8.78 Å². The van der Waals surface area contributed by atoms with E-state index in [1.165, 1.54) is 11.6 Å². The number of halogens is 2. The number of hydrogen-bond acceptors (Lipinski definition) is 1. The molecule has 2 nitrogen and oxygen atoms in total. The molecule has 0 bridgehead atoms. The molecule has 2 rings (SSSR count). The molecule has 0 fully saturated rings. The van der Waals surface area contributed by atoms with Crippen LogP contribution in [-0.4, -0.2) is 11.2 Å². The Morgan fingerprint density at radius 3 is 2.50 bits per heavy atom. The van der Waals surface area contributed by atoms with E-state index in [2.05, 4.69) is 22.8 Å². The lowest BCUT2D eigenvalue weighted by Crippen LogP contribution is -2.36. The first-order chi connectivity index (χ1) is 10.5. The summed E-state index contributed by atoms with van der Waals surface area (Å²) in [6.45, 7) is 2.03. The van der Waals surface area contributed by atoms with Crippen LogP contribution in [0.1, 0.15) is 18.9 Å². The molecule has 0 aliphatic carbocycles. The molecule has 0 amide bonds. The molecule has 0 saturated carbocycles. The van der Waals surface area contributed by atoms with Gasteiger partial charge in [-0.1, -0.05) is 30.3 Å². The van der Waals surface area contributed by atoms with Crippen molar-refractivity contribution in [2.24, 2.45) is 0 Å². The van der Waals surface area contributed by atoms with Gasteiger partial charge in [0.1, 0.15) is 0 Å². The van der Waals surface area contributed by atoms with Crippen LogP contribution in [0.25, 0.3) is 0 Å². The lowest BCUT2D eigenvalue weighted by molar-refractivity contribution is 0.509. The molecule has 116 valence electrons. The van der Waals surface area contributed by atoms with Gasteiger partial charge >= 0.3 is 0 Å². The molecule has 0 heterocycles. The van der Waals surface area contributed by atoms with Crippen molar-refractivity contribution < 1.29 is 8.78 Å². The second-order valence-corrected chi connectivity index (χ2v) is 5.56. The van der Waals surface area contributed by atoms with E-state index >= 15 is 0 Å². The Bertz CT molecular complexity index is 632. The third-order valence-corrected chi connectivity index (χ3v) is 3.48. The van der Waals surface area contributed by atoms with Gasteiger partial charge in [0.15, 0.2) is 16.7 Å². The predicted molar refractivity (Wildman–Crippen MR) is 89.9 cm³/mol. The highest BCUT2D eigenvalue weighted by atomic mass is 32.1. The van der Waals surface area contributed by atoms with E-state index < -0.39 is 11.6 Å². The molecule has 2 aromatic carbocycles. The molecule has 0 radical (unpaired) electrons. The first-order valence-electron chi connectivity index (χ1n) is 7.11. The molecule has 0 aromatic heterocycles. The number of aryl methyl sites for hydroxylation is 1. The van der Waals surface area contributed by atoms with Crippen LogP contribution in [0.3, 0.4) is 0 Å². The fraction of sp³-hybridized carbons (Fsp3) is 0.235. The summed E-state index contributed by atoms with van der Waals surface area (Å²) in [5.41, 5.74) is 1.70. The topological polar surface area (TPSA) is 24.1 Å². The van der Waals surface area contributed by atoms with Crippen molar-refractivity contribution in [1.29, 1.82) is 0 Å². The molecule has 0 aliphatic rings. The molecular weight excluding hydrogens is 302 g/mol.